The van der Waals surface area contributed by atoms with E-state index >= 15 is 0 Å². The first-order chi connectivity index (χ1) is 61.3. The van der Waals surface area contributed by atoms with E-state index in [2.05, 4.69) is 145 Å². The second-order valence-electron chi connectivity index (χ2n) is 24.7. The summed E-state index contributed by atoms with van der Waals surface area (Å²) in [5, 5.41) is 34.1. The summed E-state index contributed by atoms with van der Waals surface area (Å²) >= 11 is 0. The molecule has 0 aliphatic rings. The zero-order valence-corrected chi connectivity index (χ0v) is 79.5. The number of nitrogens with zero attached hydrogens (tertiary/aromatic N) is 24. The van der Waals surface area contributed by atoms with Crippen molar-refractivity contribution >= 4 is 0 Å². The molecule has 133 heavy (non-hydrogen) atoms. The second kappa shape index (κ2) is 53.9. The van der Waals surface area contributed by atoms with Gasteiger partial charge in [0.1, 0.15) is 23.2 Å². The van der Waals surface area contributed by atoms with Crippen LogP contribution in [0.4, 0.5) is 74.6 Å². The Bertz CT molecular complexity index is 6100. The van der Waals surface area contributed by atoms with Crippen LogP contribution in [0, 0.1) is 91.6 Å². The molecule has 0 atom stereocenters. The summed E-state index contributed by atoms with van der Waals surface area (Å²) in [5.41, 5.74) is 5.76. The molecule has 0 fully saturated rings. The van der Waals surface area contributed by atoms with E-state index in [0.29, 0.717) is 51.8 Å². The molecule has 0 amide bonds. The summed E-state index contributed by atoms with van der Waals surface area (Å²) in [7, 11) is 1.43. The molecule has 14 aromatic heterocycles. The first kappa shape index (κ1) is 110. The Morgan fingerprint density at radius 1 is 0.263 bits per heavy atom. The standard InChI is InChI=1S/C12H8F2N.3C11H6F2N.C9H6F3N4O.2C8H4F3N4.2C8H7N4.5Ir/c1-8-4-5-15-12(6-8)10-3-2-9(13)7-11(10)14;3*12-8-4-5-9(10(13)7-8)11-3-1-2-6-14-11;1-17-5-2-3-13-6(4-5)7-14-8(16-15-7)9(10,11)12;2*9-8(10,11)7-13-6(14-15-7)5-3-1-2-4-12-5;2*1-6-10-8(12-11-6)7-4-2-3-5-9-7;;;;;/h2,4-7H,1H3;3*1-4,6-7H;2-4H,1H3;2*1-4H;2*2-5H,1H3;;;;;/q9*-1;;;;;. The van der Waals surface area contributed by atoms with Crippen molar-refractivity contribution in [3.8, 4) is 108 Å². The van der Waals surface area contributed by atoms with E-state index < -0.39 is 82.5 Å². The summed E-state index contributed by atoms with van der Waals surface area (Å²) in [6.07, 6.45) is 0.174. The molecule has 697 valence electrons. The number of rotatable bonds is 10. The SMILES string of the molecule is COc1ccnc(-c2nc(C(F)(F)F)n[n-]2)c1.Cc1ccnc(-c2[c-]cc(F)cc2F)c1.Cc1n[n-]c(-c2ccccn2)n1.Cc1n[n-]c(-c2ccccn2)n1.FC(F)(F)c1n[n-]c(-c2ccccn2)n1.FC(F)(F)c1n[n-]c(-c2ccccn2)n1.Fc1c[c-]c(-c2ccccn2)c(F)c1.Fc1c[c-]c(-c2ccccn2)c(F)c1.Fc1c[c-]c(-c2ccccn2)c(F)c1.[Ir].[Ir].[Ir].[Ir].[Ir]. The van der Waals surface area contributed by atoms with Crippen molar-refractivity contribution in [3.63, 3.8) is 0 Å². The van der Waals surface area contributed by atoms with Crippen LogP contribution in [0.2, 0.25) is 0 Å². The Morgan fingerprint density at radius 2 is 0.504 bits per heavy atom. The summed E-state index contributed by atoms with van der Waals surface area (Å²) < 4.78 is 218. The van der Waals surface area contributed by atoms with Crippen molar-refractivity contribution in [2.45, 2.75) is 39.3 Å². The van der Waals surface area contributed by atoms with Gasteiger partial charge in [0.25, 0.3) is 0 Å². The van der Waals surface area contributed by atoms with E-state index in [1.54, 1.807) is 142 Å². The number of benzene rings is 4. The third kappa shape index (κ3) is 34.8. The smallest absolute Gasteiger partial charge is 0.429 e. The summed E-state index contributed by atoms with van der Waals surface area (Å²) in [6, 6.07) is 60.4. The minimum atomic E-state index is -4.61. The topological polar surface area (TPSA) is 325 Å². The van der Waals surface area contributed by atoms with Gasteiger partial charge in [0.2, 0.25) is 0 Å². The van der Waals surface area contributed by atoms with Crippen LogP contribution in [0.3, 0.4) is 0 Å². The van der Waals surface area contributed by atoms with E-state index in [4.69, 9.17) is 4.74 Å². The van der Waals surface area contributed by atoms with E-state index in [1.807, 2.05) is 49.4 Å². The fourth-order valence-corrected chi connectivity index (χ4v) is 9.67. The zero-order valence-electron chi connectivity index (χ0n) is 67.5. The van der Waals surface area contributed by atoms with Crippen LogP contribution < -0.4 is 30.2 Å². The van der Waals surface area contributed by atoms with Crippen molar-refractivity contribution in [1.82, 2.24) is 121 Å². The molecule has 0 N–H and O–H groups in total. The number of aromatic nitrogens is 24. The predicted molar refractivity (Wildman–Crippen MR) is 422 cm³/mol. The normalized spacial score (nSPS) is 10.3. The molecule has 0 saturated heterocycles. The zero-order chi connectivity index (χ0) is 91.8. The fourth-order valence-electron chi connectivity index (χ4n) is 9.67. The van der Waals surface area contributed by atoms with E-state index in [0.717, 1.165) is 65.5 Å². The molecule has 5 radical (unpaired) electrons. The monoisotopic (exact) mass is 2730 g/mol. The Balaban J connectivity index is 0.000000264. The largest absolute Gasteiger partial charge is 0.497 e. The van der Waals surface area contributed by atoms with Crippen molar-refractivity contribution < 1.29 is 180 Å². The molecule has 0 spiro atoms. The molecular formula is C86H54F17Ir5N24O-9. The number of hydrogen-bond acceptors (Lipinski definition) is 20. The van der Waals surface area contributed by atoms with Crippen molar-refractivity contribution in [3.05, 3.63) is 361 Å². The van der Waals surface area contributed by atoms with Crippen LogP contribution in [0.25, 0.3) is 103 Å². The van der Waals surface area contributed by atoms with Gasteiger partial charge < -0.3 is 75.1 Å². The van der Waals surface area contributed by atoms with Crippen LogP contribution in [-0.2, 0) is 119 Å². The Hall–Kier alpha value is -13.2. The van der Waals surface area contributed by atoms with Gasteiger partial charge in [-0.1, -0.05) is 119 Å². The third-order valence-electron chi connectivity index (χ3n) is 15.4. The number of ether oxygens (including phenoxy) is 1. The Labute approximate surface area is 810 Å². The maximum atomic E-state index is 13.4. The quantitative estimate of drug-likeness (QED) is 0.0906. The van der Waals surface area contributed by atoms with Gasteiger partial charge in [0.05, 0.1) is 35.6 Å². The number of halogens is 17. The third-order valence-corrected chi connectivity index (χ3v) is 15.4. The number of aryl methyl sites for hydroxylation is 3. The number of alkyl halides is 9. The Morgan fingerprint density at radius 3 is 0.737 bits per heavy atom. The van der Waals surface area contributed by atoms with Crippen molar-refractivity contribution in [2.24, 2.45) is 0 Å². The van der Waals surface area contributed by atoms with Crippen LogP contribution in [0.1, 0.15) is 34.7 Å². The summed E-state index contributed by atoms with van der Waals surface area (Å²) in [6.45, 7) is 5.49. The average molecular weight is 2720 g/mol. The molecule has 0 aliphatic heterocycles. The molecule has 0 unspecified atom stereocenters. The first-order valence-electron chi connectivity index (χ1n) is 36.2. The molecular weight excluding hydrogens is 2670 g/mol. The molecule has 25 nitrogen and oxygen atoms in total. The predicted octanol–water partition coefficient (Wildman–Crippen LogP) is 17.8. The summed E-state index contributed by atoms with van der Waals surface area (Å²) in [4.78, 5) is 53.4. The number of methoxy groups -OCH3 is 1. The number of pyridine rings is 9. The molecule has 4 aromatic carbocycles. The van der Waals surface area contributed by atoms with Crippen LogP contribution in [-0.4, -0.2) is 102 Å². The molecule has 18 rings (SSSR count). The van der Waals surface area contributed by atoms with Crippen molar-refractivity contribution in [2.75, 3.05) is 7.11 Å². The molecule has 14 heterocycles. The van der Waals surface area contributed by atoms with Crippen LogP contribution in [0.5, 0.6) is 5.75 Å². The molecule has 18 aromatic rings. The minimum absolute atomic E-state index is 0. The molecule has 0 aliphatic carbocycles. The van der Waals surface area contributed by atoms with Gasteiger partial charge in [-0.3, -0.25) is 85.5 Å². The Kier molecular flexibility index (Phi) is 44.7. The number of hydrogen-bond donors (Lipinski definition) is 0. The molecule has 47 heteroatoms. The maximum absolute atomic E-state index is 13.4. The van der Waals surface area contributed by atoms with Gasteiger partial charge in [-0.15, -0.1) is 48.5 Å². The minimum Gasteiger partial charge on any atom is -0.497 e. The first-order valence-corrected chi connectivity index (χ1v) is 36.2. The van der Waals surface area contributed by atoms with Crippen LogP contribution >= 0.6 is 0 Å². The van der Waals surface area contributed by atoms with Gasteiger partial charge >= 0.3 is 18.5 Å². The molecule has 0 saturated carbocycles. The average Bonchev–Trinajstić information content (AvgIpc) is 1.61. The summed E-state index contributed by atoms with van der Waals surface area (Å²) in [5.74, 6) is -6.36. The van der Waals surface area contributed by atoms with Gasteiger partial charge in [-0.2, -0.15) is 39.5 Å². The van der Waals surface area contributed by atoms with Gasteiger partial charge in [-0.05, 0) is 152 Å². The van der Waals surface area contributed by atoms with Crippen LogP contribution in [0.15, 0.2) is 256 Å². The van der Waals surface area contributed by atoms with E-state index in [-0.39, 0.29) is 157 Å². The van der Waals surface area contributed by atoms with Crippen molar-refractivity contribution in [1.29, 1.82) is 0 Å². The fraction of sp³-hybridized carbons (Fsp3) is 0.0814. The van der Waals surface area contributed by atoms with Gasteiger partial charge in [0, 0.05) is 221 Å². The molecule has 0 bridgehead atoms. The van der Waals surface area contributed by atoms with E-state index in [1.165, 1.54) is 43.9 Å². The maximum Gasteiger partial charge on any atom is 0.429 e. The second-order valence-corrected chi connectivity index (χ2v) is 24.7. The van der Waals surface area contributed by atoms with E-state index in [9.17, 15) is 74.6 Å². The van der Waals surface area contributed by atoms with Gasteiger partial charge in [-0.25, -0.2) is 0 Å². The van der Waals surface area contributed by atoms with Gasteiger partial charge in [0.15, 0.2) is 0 Å².